The smallest absolute Gasteiger partial charge is 0.105 e. The van der Waals surface area contributed by atoms with Crippen LogP contribution in [0.1, 0.15) is 26.3 Å². The van der Waals surface area contributed by atoms with Crippen molar-refractivity contribution < 1.29 is 0 Å². The van der Waals surface area contributed by atoms with E-state index in [9.17, 15) is 0 Å². The number of aromatic nitrogens is 3. The zero-order valence-electron chi connectivity index (χ0n) is 11.8. The Hall–Kier alpha value is -1.33. The number of pyridine rings is 1. The lowest BCUT2D eigenvalue weighted by molar-refractivity contribution is 0.422. The molecule has 0 bridgehead atoms. The van der Waals surface area contributed by atoms with E-state index >= 15 is 0 Å². The molecule has 1 N–H and O–H groups in total. The topological polar surface area (TPSA) is 42.7 Å². The summed E-state index contributed by atoms with van der Waals surface area (Å²) < 4.78 is 1.80. The van der Waals surface area contributed by atoms with Crippen LogP contribution in [0.2, 0.25) is 0 Å². The highest BCUT2D eigenvalue weighted by atomic mass is 32.2. The maximum Gasteiger partial charge on any atom is 0.105 e. The van der Waals surface area contributed by atoms with Crippen molar-refractivity contribution in [2.75, 3.05) is 0 Å². The Bertz CT molecular complexity index is 542. The average molecular weight is 276 g/mol. The van der Waals surface area contributed by atoms with Gasteiger partial charge < -0.3 is 5.32 Å². The summed E-state index contributed by atoms with van der Waals surface area (Å²) in [4.78, 5) is 5.58. The molecular formula is C14H20N4S. The van der Waals surface area contributed by atoms with Crippen LogP contribution in [0.4, 0.5) is 0 Å². The van der Waals surface area contributed by atoms with Crippen LogP contribution in [0.15, 0.2) is 40.6 Å². The largest absolute Gasteiger partial charge is 0.308 e. The van der Waals surface area contributed by atoms with Crippen LogP contribution in [-0.4, -0.2) is 20.3 Å². The normalized spacial score (nSPS) is 11.8. The molecule has 2 aromatic rings. The molecule has 0 unspecified atom stereocenters. The van der Waals surface area contributed by atoms with E-state index in [0.717, 1.165) is 16.5 Å². The van der Waals surface area contributed by atoms with Gasteiger partial charge in [0.25, 0.3) is 0 Å². The van der Waals surface area contributed by atoms with Gasteiger partial charge in [0, 0.05) is 31.5 Å². The summed E-state index contributed by atoms with van der Waals surface area (Å²) in [6.45, 7) is 7.31. The fraction of sp³-hybridized carbons (Fsp3) is 0.429. The first-order valence-corrected chi connectivity index (χ1v) is 7.11. The van der Waals surface area contributed by atoms with Crippen LogP contribution >= 0.6 is 11.8 Å². The molecule has 102 valence electrons. The summed E-state index contributed by atoms with van der Waals surface area (Å²) in [5.41, 5.74) is 1.32. The van der Waals surface area contributed by atoms with Crippen molar-refractivity contribution in [1.29, 1.82) is 0 Å². The van der Waals surface area contributed by atoms with Crippen LogP contribution < -0.4 is 5.32 Å². The lowest BCUT2D eigenvalue weighted by Crippen LogP contribution is -2.35. The third kappa shape index (κ3) is 4.36. The molecule has 2 aromatic heterocycles. The molecule has 0 atom stereocenters. The number of nitrogens with one attached hydrogen (secondary N) is 1. The minimum absolute atomic E-state index is 0.103. The number of aryl methyl sites for hydroxylation is 1. The molecule has 2 rings (SSSR count). The molecule has 0 fully saturated rings. The molecule has 0 radical (unpaired) electrons. The van der Waals surface area contributed by atoms with E-state index in [4.69, 9.17) is 0 Å². The van der Waals surface area contributed by atoms with E-state index in [-0.39, 0.29) is 5.54 Å². The summed E-state index contributed by atoms with van der Waals surface area (Å²) in [6.07, 6.45) is 5.69. The van der Waals surface area contributed by atoms with Crippen molar-refractivity contribution in [3.8, 4) is 0 Å². The third-order valence-corrected chi connectivity index (χ3v) is 3.56. The molecule has 0 aliphatic heterocycles. The summed E-state index contributed by atoms with van der Waals surface area (Å²) in [5.74, 6) is 0. The Kier molecular flexibility index (Phi) is 4.27. The molecular weight excluding hydrogens is 256 g/mol. The van der Waals surface area contributed by atoms with E-state index in [1.54, 1.807) is 16.4 Å². The molecule has 4 nitrogen and oxygen atoms in total. The first kappa shape index (κ1) is 14.1. The monoisotopic (exact) mass is 276 g/mol. The molecule has 0 aliphatic rings. The van der Waals surface area contributed by atoms with Gasteiger partial charge in [0.1, 0.15) is 5.03 Å². The zero-order chi connectivity index (χ0) is 13.9. The Balaban J connectivity index is 2.12. The highest BCUT2D eigenvalue weighted by molar-refractivity contribution is 7.99. The van der Waals surface area contributed by atoms with Gasteiger partial charge in [-0.1, -0.05) is 17.8 Å². The Morgan fingerprint density at radius 1 is 1.37 bits per heavy atom. The Morgan fingerprint density at radius 3 is 2.79 bits per heavy atom. The Labute approximate surface area is 118 Å². The third-order valence-electron chi connectivity index (χ3n) is 2.55. The van der Waals surface area contributed by atoms with Crippen LogP contribution in [-0.2, 0) is 13.6 Å². The quantitative estimate of drug-likeness (QED) is 0.932. The fourth-order valence-electron chi connectivity index (χ4n) is 1.57. The highest BCUT2D eigenvalue weighted by Gasteiger charge is 2.12. The van der Waals surface area contributed by atoms with E-state index in [2.05, 4.69) is 42.2 Å². The van der Waals surface area contributed by atoms with Gasteiger partial charge in [0.05, 0.1) is 11.1 Å². The lowest BCUT2D eigenvalue weighted by atomic mass is 10.1. The van der Waals surface area contributed by atoms with Crippen LogP contribution in [0.3, 0.4) is 0 Å². The van der Waals surface area contributed by atoms with Gasteiger partial charge in [0.15, 0.2) is 0 Å². The van der Waals surface area contributed by atoms with Gasteiger partial charge in [-0.15, -0.1) is 0 Å². The summed E-state index contributed by atoms with van der Waals surface area (Å²) >= 11 is 1.65. The average Bonchev–Trinajstić information content (AvgIpc) is 2.73. The van der Waals surface area contributed by atoms with Crippen molar-refractivity contribution in [3.63, 3.8) is 0 Å². The first-order valence-electron chi connectivity index (χ1n) is 6.29. The van der Waals surface area contributed by atoms with Crippen LogP contribution in [0.5, 0.6) is 0 Å². The van der Waals surface area contributed by atoms with Crippen molar-refractivity contribution in [2.45, 2.75) is 42.8 Å². The van der Waals surface area contributed by atoms with Crippen molar-refractivity contribution in [1.82, 2.24) is 20.1 Å². The maximum absolute atomic E-state index is 4.47. The molecule has 19 heavy (non-hydrogen) atoms. The fourth-order valence-corrected chi connectivity index (χ4v) is 2.49. The second-order valence-corrected chi connectivity index (χ2v) is 6.59. The Morgan fingerprint density at radius 2 is 2.16 bits per heavy atom. The molecule has 5 heteroatoms. The summed E-state index contributed by atoms with van der Waals surface area (Å²) in [7, 11) is 1.92. The standard InChI is InChI=1S/C14H20N4S/c1-14(2,3)16-8-11-6-5-7-15-13(11)19-12-9-17-18(4)10-12/h5-7,9-10,16H,8H2,1-4H3. The van der Waals surface area contributed by atoms with Crippen molar-refractivity contribution in [2.24, 2.45) is 7.05 Å². The zero-order valence-corrected chi connectivity index (χ0v) is 12.7. The predicted molar refractivity (Wildman–Crippen MR) is 78.2 cm³/mol. The maximum atomic E-state index is 4.47. The van der Waals surface area contributed by atoms with Crippen molar-refractivity contribution in [3.05, 3.63) is 36.3 Å². The van der Waals surface area contributed by atoms with Crippen LogP contribution in [0, 0.1) is 0 Å². The first-order chi connectivity index (χ1) is 8.94. The van der Waals surface area contributed by atoms with E-state index in [0.29, 0.717) is 0 Å². The molecule has 2 heterocycles. The highest BCUT2D eigenvalue weighted by Crippen LogP contribution is 2.28. The van der Waals surface area contributed by atoms with Gasteiger partial charge in [-0.3, -0.25) is 4.68 Å². The SMILES string of the molecule is Cn1cc(Sc2ncccc2CNC(C)(C)C)cn1. The summed E-state index contributed by atoms with van der Waals surface area (Å²) in [6, 6.07) is 4.09. The van der Waals surface area contributed by atoms with Crippen LogP contribution in [0.25, 0.3) is 0 Å². The van der Waals surface area contributed by atoms with E-state index in [1.165, 1.54) is 5.56 Å². The van der Waals surface area contributed by atoms with Gasteiger partial charge in [0.2, 0.25) is 0 Å². The molecule has 0 amide bonds. The van der Waals surface area contributed by atoms with Gasteiger partial charge in [-0.2, -0.15) is 5.10 Å². The molecule has 0 saturated carbocycles. The number of hydrogen-bond acceptors (Lipinski definition) is 4. The lowest BCUT2D eigenvalue weighted by Gasteiger charge is -2.21. The molecule has 0 aliphatic carbocycles. The second-order valence-electron chi connectivity index (χ2n) is 5.52. The molecule has 0 aromatic carbocycles. The molecule has 0 saturated heterocycles. The minimum atomic E-state index is 0.103. The van der Waals surface area contributed by atoms with Crippen molar-refractivity contribution >= 4 is 11.8 Å². The number of rotatable bonds is 4. The summed E-state index contributed by atoms with van der Waals surface area (Å²) in [5, 5.41) is 8.71. The second kappa shape index (κ2) is 5.75. The van der Waals surface area contributed by atoms with E-state index in [1.807, 2.05) is 31.7 Å². The number of hydrogen-bond donors (Lipinski definition) is 1. The molecule has 0 spiro atoms. The number of nitrogens with zero attached hydrogens (tertiary/aromatic N) is 3. The van der Waals surface area contributed by atoms with E-state index < -0.39 is 0 Å². The van der Waals surface area contributed by atoms with Gasteiger partial charge in [-0.05, 0) is 32.4 Å². The predicted octanol–water partition coefficient (Wildman–Crippen LogP) is 2.85. The minimum Gasteiger partial charge on any atom is -0.308 e. The van der Waals surface area contributed by atoms with Gasteiger partial charge in [-0.25, -0.2) is 4.98 Å². The van der Waals surface area contributed by atoms with Gasteiger partial charge >= 0.3 is 0 Å².